The van der Waals surface area contributed by atoms with Crippen molar-refractivity contribution < 1.29 is 19.1 Å². The predicted octanol–water partition coefficient (Wildman–Crippen LogP) is 6.04. The highest BCUT2D eigenvalue weighted by molar-refractivity contribution is 6.13. The van der Waals surface area contributed by atoms with Gasteiger partial charge in [-0.05, 0) is 25.3 Å². The van der Waals surface area contributed by atoms with E-state index in [4.69, 9.17) is 14.5 Å². The number of hydrogen-bond donors (Lipinski definition) is 0. The van der Waals surface area contributed by atoms with Crippen molar-refractivity contribution in [3.8, 4) is 6.07 Å². The number of nitriles is 1. The number of rotatable bonds is 13. The van der Waals surface area contributed by atoms with Crippen LogP contribution in [0.4, 0.5) is 0 Å². The quantitative estimate of drug-likeness (QED) is 0.159. The molecule has 0 spiro atoms. The molecular formula is C32H34N2O4. The second-order valence-corrected chi connectivity index (χ2v) is 8.99. The normalized spacial score (nSPS) is 12.9. The Kier molecular flexibility index (Phi) is 10.8. The number of unbranched alkanes of at least 4 members (excludes halogenated alkanes) is 1. The summed E-state index contributed by atoms with van der Waals surface area (Å²) in [7, 11) is 1.37. The van der Waals surface area contributed by atoms with Gasteiger partial charge in [-0.25, -0.2) is 4.79 Å². The molecule has 0 saturated heterocycles. The molecular weight excluding hydrogens is 476 g/mol. The van der Waals surface area contributed by atoms with Crippen molar-refractivity contribution >= 4 is 17.7 Å². The molecule has 0 heterocycles. The molecule has 3 rings (SSSR count). The summed E-state index contributed by atoms with van der Waals surface area (Å²) in [6, 6.07) is 30.7. The van der Waals surface area contributed by atoms with Crippen LogP contribution in [0.15, 0.2) is 96.0 Å². The van der Waals surface area contributed by atoms with Crippen LogP contribution in [0, 0.1) is 11.3 Å². The first-order valence-electron chi connectivity index (χ1n) is 12.9. The van der Waals surface area contributed by atoms with Crippen LogP contribution in [-0.4, -0.2) is 37.4 Å². The largest absolute Gasteiger partial charge is 0.469 e. The predicted molar refractivity (Wildman–Crippen MR) is 148 cm³/mol. The summed E-state index contributed by atoms with van der Waals surface area (Å²) in [5.41, 5.74) is 1.98. The van der Waals surface area contributed by atoms with Crippen molar-refractivity contribution in [3.63, 3.8) is 0 Å². The highest BCUT2D eigenvalue weighted by Gasteiger charge is 2.41. The van der Waals surface area contributed by atoms with Gasteiger partial charge in [0, 0.05) is 11.1 Å². The van der Waals surface area contributed by atoms with Gasteiger partial charge in [0.25, 0.3) is 0 Å². The minimum atomic E-state index is -1.38. The first kappa shape index (κ1) is 28.3. The molecule has 3 aromatic carbocycles. The Morgan fingerprint density at radius 3 is 1.95 bits per heavy atom. The van der Waals surface area contributed by atoms with Gasteiger partial charge < -0.3 is 9.47 Å². The Balaban J connectivity index is 1.83. The summed E-state index contributed by atoms with van der Waals surface area (Å²) < 4.78 is 10.3. The summed E-state index contributed by atoms with van der Waals surface area (Å²) in [5.74, 6) is -0.866. The zero-order valence-corrected chi connectivity index (χ0v) is 22.0. The van der Waals surface area contributed by atoms with Gasteiger partial charge in [0.05, 0.1) is 38.0 Å². The molecule has 0 aliphatic carbocycles. The third kappa shape index (κ3) is 7.39. The van der Waals surface area contributed by atoms with Gasteiger partial charge in [-0.3, -0.25) is 9.79 Å². The topological polar surface area (TPSA) is 88.8 Å². The minimum Gasteiger partial charge on any atom is -0.469 e. The zero-order chi connectivity index (χ0) is 27.2. The van der Waals surface area contributed by atoms with Crippen LogP contribution in [0.3, 0.4) is 0 Å². The van der Waals surface area contributed by atoms with Crippen molar-refractivity contribution in [2.24, 2.45) is 4.99 Å². The van der Waals surface area contributed by atoms with Gasteiger partial charge in [-0.15, -0.1) is 0 Å². The van der Waals surface area contributed by atoms with E-state index in [2.05, 4.69) is 6.07 Å². The SMILES string of the molecule is CCOC(=O)C(C#N)(CCCCC(CC(=O)OC)N=C(c1ccccc1)c1ccccc1)c1ccccc1. The highest BCUT2D eigenvalue weighted by atomic mass is 16.5. The third-order valence-electron chi connectivity index (χ3n) is 6.46. The van der Waals surface area contributed by atoms with Crippen LogP contribution in [0.1, 0.15) is 55.7 Å². The Labute approximate surface area is 224 Å². The highest BCUT2D eigenvalue weighted by Crippen LogP contribution is 2.32. The van der Waals surface area contributed by atoms with Crippen molar-refractivity contribution in [1.29, 1.82) is 5.26 Å². The van der Waals surface area contributed by atoms with E-state index < -0.39 is 11.4 Å². The molecule has 2 unspecified atom stereocenters. The van der Waals surface area contributed by atoms with Crippen LogP contribution < -0.4 is 0 Å². The summed E-state index contributed by atoms with van der Waals surface area (Å²) in [6.07, 6.45) is 2.29. The van der Waals surface area contributed by atoms with Gasteiger partial charge in [-0.2, -0.15) is 5.26 Å². The number of methoxy groups -OCH3 is 1. The number of hydrogen-bond acceptors (Lipinski definition) is 6. The van der Waals surface area contributed by atoms with Crippen molar-refractivity contribution in [2.75, 3.05) is 13.7 Å². The number of ether oxygens (including phenoxy) is 2. The maximum atomic E-state index is 12.9. The fourth-order valence-electron chi connectivity index (χ4n) is 4.46. The number of carbonyl (C=O) groups excluding carboxylic acids is 2. The summed E-state index contributed by atoms with van der Waals surface area (Å²) in [6.45, 7) is 1.93. The maximum Gasteiger partial charge on any atom is 0.331 e. The minimum absolute atomic E-state index is 0.139. The van der Waals surface area contributed by atoms with E-state index in [1.807, 2.05) is 78.9 Å². The van der Waals surface area contributed by atoms with E-state index >= 15 is 0 Å². The fourth-order valence-corrected chi connectivity index (χ4v) is 4.46. The number of benzene rings is 3. The molecule has 0 radical (unpaired) electrons. The van der Waals surface area contributed by atoms with Crippen molar-refractivity contribution in [2.45, 2.75) is 50.5 Å². The summed E-state index contributed by atoms with van der Waals surface area (Å²) in [4.78, 5) is 30.2. The molecule has 0 saturated carbocycles. The van der Waals surface area contributed by atoms with E-state index in [1.54, 1.807) is 19.1 Å². The Hall–Kier alpha value is -4.24. The van der Waals surface area contributed by atoms with Crippen LogP contribution in [0.2, 0.25) is 0 Å². The second-order valence-electron chi connectivity index (χ2n) is 8.99. The van der Waals surface area contributed by atoms with E-state index in [9.17, 15) is 14.9 Å². The van der Waals surface area contributed by atoms with Gasteiger partial charge in [0.15, 0.2) is 5.41 Å². The first-order valence-corrected chi connectivity index (χ1v) is 12.9. The maximum absolute atomic E-state index is 12.9. The lowest BCUT2D eigenvalue weighted by Crippen LogP contribution is -2.36. The lowest BCUT2D eigenvalue weighted by atomic mass is 9.77. The molecule has 3 aromatic rings. The monoisotopic (exact) mass is 510 g/mol. The molecule has 0 aliphatic heterocycles. The standard InChI is InChI=1S/C32H34N2O4/c1-3-38-31(36)32(24-33,27-19-11-6-12-20-27)22-14-13-21-28(23-29(35)37-2)34-30(25-15-7-4-8-16-25)26-17-9-5-10-18-26/h4-12,15-20,28H,3,13-14,21-23H2,1-2H3. The third-order valence-corrected chi connectivity index (χ3v) is 6.46. The molecule has 0 fully saturated rings. The van der Waals surface area contributed by atoms with Crippen LogP contribution >= 0.6 is 0 Å². The Morgan fingerprint density at radius 2 is 1.45 bits per heavy atom. The number of nitrogens with zero attached hydrogens (tertiary/aromatic N) is 2. The van der Waals surface area contributed by atoms with Gasteiger partial charge in [0.1, 0.15) is 0 Å². The molecule has 2 atom stereocenters. The smallest absolute Gasteiger partial charge is 0.331 e. The first-order chi connectivity index (χ1) is 18.5. The average molecular weight is 511 g/mol. The fraction of sp³-hybridized carbons (Fsp3) is 0.312. The molecule has 0 aromatic heterocycles. The molecule has 0 amide bonds. The van der Waals surface area contributed by atoms with Crippen molar-refractivity contribution in [1.82, 2.24) is 0 Å². The molecule has 0 N–H and O–H groups in total. The molecule has 6 heteroatoms. The van der Waals surface area contributed by atoms with E-state index in [-0.39, 0.29) is 25.0 Å². The molecule has 196 valence electrons. The Morgan fingerprint density at radius 1 is 0.895 bits per heavy atom. The lowest BCUT2D eigenvalue weighted by molar-refractivity contribution is -0.148. The van der Waals surface area contributed by atoms with E-state index in [0.717, 1.165) is 16.8 Å². The van der Waals surface area contributed by atoms with Gasteiger partial charge >= 0.3 is 11.9 Å². The van der Waals surface area contributed by atoms with Crippen LogP contribution in [0.5, 0.6) is 0 Å². The average Bonchev–Trinajstić information content (AvgIpc) is 2.97. The van der Waals surface area contributed by atoms with Crippen LogP contribution in [0.25, 0.3) is 0 Å². The molecule has 38 heavy (non-hydrogen) atoms. The summed E-state index contributed by atoms with van der Waals surface area (Å²) in [5, 5.41) is 10.1. The van der Waals surface area contributed by atoms with Crippen molar-refractivity contribution in [3.05, 3.63) is 108 Å². The number of carbonyl (C=O) groups is 2. The van der Waals surface area contributed by atoms with E-state index in [1.165, 1.54) is 7.11 Å². The molecule has 6 nitrogen and oxygen atoms in total. The lowest BCUT2D eigenvalue weighted by Gasteiger charge is -2.25. The molecule has 0 aliphatic rings. The summed E-state index contributed by atoms with van der Waals surface area (Å²) >= 11 is 0. The van der Waals surface area contributed by atoms with E-state index in [0.29, 0.717) is 31.2 Å². The number of esters is 2. The molecule has 0 bridgehead atoms. The second kappa shape index (κ2) is 14.5. The number of aliphatic imine (C=N–C) groups is 1. The zero-order valence-electron chi connectivity index (χ0n) is 22.0. The Bertz CT molecular complexity index is 1200. The van der Waals surface area contributed by atoms with Gasteiger partial charge in [-0.1, -0.05) is 104 Å². The van der Waals surface area contributed by atoms with Gasteiger partial charge in [0.2, 0.25) is 0 Å². The van der Waals surface area contributed by atoms with Crippen LogP contribution in [-0.2, 0) is 24.5 Å².